The lowest BCUT2D eigenvalue weighted by Gasteiger charge is -2.17. The number of aliphatic hydroxyl groups is 1. The van der Waals surface area contributed by atoms with E-state index >= 15 is 0 Å². The highest BCUT2D eigenvalue weighted by Gasteiger charge is 2.19. The van der Waals surface area contributed by atoms with E-state index in [0.29, 0.717) is 6.42 Å². The van der Waals surface area contributed by atoms with Crippen LogP contribution in [-0.2, 0) is 15.7 Å². The van der Waals surface area contributed by atoms with Crippen LogP contribution in [0.15, 0.2) is 18.5 Å². The van der Waals surface area contributed by atoms with Crippen molar-refractivity contribution in [1.82, 2.24) is 14.6 Å². The number of aryl methyl sites for hydroxylation is 1. The maximum atomic E-state index is 10.9. The van der Waals surface area contributed by atoms with Crippen molar-refractivity contribution in [2.24, 2.45) is 0 Å². The van der Waals surface area contributed by atoms with Gasteiger partial charge in [-0.05, 0) is 25.5 Å². The lowest BCUT2D eigenvalue weighted by atomic mass is 10.1. The quantitative estimate of drug-likeness (QED) is 0.636. The smallest absolute Gasteiger partial charge is 0.350 e. The summed E-state index contributed by atoms with van der Waals surface area (Å²) in [7, 11) is -4.23. The van der Waals surface area contributed by atoms with Crippen LogP contribution in [0, 0.1) is 6.92 Å². The van der Waals surface area contributed by atoms with E-state index < -0.39 is 20.0 Å². The minimum Gasteiger partial charge on any atom is -0.396 e. The predicted octanol–water partition coefficient (Wildman–Crippen LogP) is 0.483. The zero-order valence-corrected chi connectivity index (χ0v) is 12.5. The first-order valence-electron chi connectivity index (χ1n) is 6.46. The highest BCUT2D eigenvalue weighted by Crippen LogP contribution is 2.34. The minimum absolute atomic E-state index is 0.122. The molecule has 0 aromatic carbocycles. The molecule has 0 amide bonds. The molecule has 2 aromatic heterocycles. The van der Waals surface area contributed by atoms with Crippen LogP contribution in [0.3, 0.4) is 0 Å². The lowest BCUT2D eigenvalue weighted by Crippen LogP contribution is -2.20. The lowest BCUT2D eigenvalue weighted by molar-refractivity contribution is 0.0543. The number of hydrogen-bond acceptors (Lipinski definition) is 5. The molecule has 0 saturated heterocycles. The first-order chi connectivity index (χ1) is 9.90. The highest BCUT2D eigenvalue weighted by molar-refractivity contribution is 7.51. The predicted molar refractivity (Wildman–Crippen MR) is 74.9 cm³/mol. The number of aliphatic hydroxyl groups excluding tert-OH is 1. The van der Waals surface area contributed by atoms with Crippen LogP contribution in [0.5, 0.6) is 0 Å². The third-order valence-electron chi connectivity index (χ3n) is 3.09. The molecule has 0 aliphatic heterocycles. The summed E-state index contributed by atoms with van der Waals surface area (Å²) in [4.78, 5) is 21.8. The molecule has 0 spiro atoms. The summed E-state index contributed by atoms with van der Waals surface area (Å²) in [6.07, 6.45) is 0.983. The van der Waals surface area contributed by atoms with Crippen LogP contribution in [-0.4, -0.2) is 48.6 Å². The van der Waals surface area contributed by atoms with Crippen molar-refractivity contribution in [3.8, 4) is 0 Å². The van der Waals surface area contributed by atoms with Crippen molar-refractivity contribution in [2.75, 3.05) is 13.0 Å². The Labute approximate surface area is 121 Å². The average Bonchev–Trinajstić information content (AvgIpc) is 2.80. The molecule has 2 aromatic rings. The van der Waals surface area contributed by atoms with Crippen molar-refractivity contribution in [3.63, 3.8) is 0 Å². The molecule has 2 rings (SSSR count). The number of hydrogen-bond donors (Lipinski definition) is 3. The zero-order chi connectivity index (χ0) is 15.5. The van der Waals surface area contributed by atoms with Crippen LogP contribution >= 0.6 is 7.60 Å². The fraction of sp³-hybridized carbons (Fsp3) is 0.500. The van der Waals surface area contributed by atoms with E-state index in [1.165, 1.54) is 6.33 Å². The van der Waals surface area contributed by atoms with Gasteiger partial charge in [-0.1, -0.05) is 0 Å². The van der Waals surface area contributed by atoms with Gasteiger partial charge in [0.2, 0.25) is 0 Å². The highest BCUT2D eigenvalue weighted by atomic mass is 31.2. The van der Waals surface area contributed by atoms with E-state index in [9.17, 15) is 4.57 Å². The van der Waals surface area contributed by atoms with E-state index in [1.54, 1.807) is 4.52 Å². The first-order valence-corrected chi connectivity index (χ1v) is 8.25. The molecule has 1 unspecified atom stereocenters. The molecule has 9 heteroatoms. The Balaban J connectivity index is 2.15. The molecule has 0 saturated carbocycles. The second-order valence-corrected chi connectivity index (χ2v) is 6.35. The third kappa shape index (κ3) is 4.33. The fourth-order valence-corrected chi connectivity index (χ4v) is 2.50. The van der Waals surface area contributed by atoms with Gasteiger partial charge in [0, 0.05) is 18.7 Å². The van der Waals surface area contributed by atoms with Gasteiger partial charge in [-0.2, -0.15) is 5.10 Å². The molecular weight excluding hydrogens is 297 g/mol. The van der Waals surface area contributed by atoms with Gasteiger partial charge in [0.05, 0.1) is 17.3 Å². The first kappa shape index (κ1) is 16.1. The van der Waals surface area contributed by atoms with Crippen molar-refractivity contribution in [2.45, 2.75) is 25.9 Å². The largest absolute Gasteiger partial charge is 0.396 e. The number of aromatic nitrogens is 3. The number of rotatable bonds is 7. The van der Waals surface area contributed by atoms with Gasteiger partial charge >= 0.3 is 7.60 Å². The van der Waals surface area contributed by atoms with Crippen LogP contribution in [0.25, 0.3) is 5.52 Å². The average molecular weight is 315 g/mol. The van der Waals surface area contributed by atoms with Gasteiger partial charge in [0.25, 0.3) is 0 Å². The summed E-state index contributed by atoms with van der Waals surface area (Å²) in [6, 6.07) is 3.74. The molecule has 0 radical (unpaired) electrons. The summed E-state index contributed by atoms with van der Waals surface area (Å²) >= 11 is 0. The molecule has 2 heterocycles. The molecule has 8 nitrogen and oxygen atoms in total. The number of fused-ring (bicyclic) bond motifs is 1. The van der Waals surface area contributed by atoms with Gasteiger partial charge in [-0.15, -0.1) is 0 Å². The molecule has 0 aliphatic rings. The summed E-state index contributed by atoms with van der Waals surface area (Å²) in [5.74, 6) is 0. The van der Waals surface area contributed by atoms with E-state index in [1.807, 2.05) is 19.1 Å². The third-order valence-corrected chi connectivity index (χ3v) is 3.57. The van der Waals surface area contributed by atoms with Crippen LogP contribution in [0.4, 0.5) is 0 Å². The van der Waals surface area contributed by atoms with Crippen molar-refractivity contribution in [3.05, 3.63) is 29.8 Å². The van der Waals surface area contributed by atoms with Crippen molar-refractivity contribution < 1.29 is 24.2 Å². The summed E-state index contributed by atoms with van der Waals surface area (Å²) in [6.45, 7) is 1.75. The molecule has 3 N–H and O–H groups in total. The van der Waals surface area contributed by atoms with E-state index in [2.05, 4.69) is 10.1 Å². The van der Waals surface area contributed by atoms with Gasteiger partial charge < -0.3 is 19.6 Å². The Morgan fingerprint density at radius 3 is 2.86 bits per heavy atom. The molecule has 116 valence electrons. The standard InChI is InChI=1S/C12H18N3O5P/c1-9-12-3-2-10(15(12)14-7-13-9)6-11(4-5-16)20-8-21(17,18)19/h2-3,7,11,16H,4-6,8H2,1H3,(H2,17,18,19). The van der Waals surface area contributed by atoms with Crippen molar-refractivity contribution >= 4 is 13.1 Å². The number of nitrogens with zero attached hydrogens (tertiary/aromatic N) is 3. The Morgan fingerprint density at radius 2 is 2.19 bits per heavy atom. The van der Waals surface area contributed by atoms with Crippen LogP contribution in [0.1, 0.15) is 17.8 Å². The second-order valence-electron chi connectivity index (χ2n) is 4.77. The summed E-state index contributed by atoms with van der Waals surface area (Å²) < 4.78 is 17.8. The number of ether oxygens (including phenoxy) is 1. The van der Waals surface area contributed by atoms with E-state index in [4.69, 9.17) is 19.6 Å². The van der Waals surface area contributed by atoms with Gasteiger partial charge in [-0.25, -0.2) is 9.50 Å². The van der Waals surface area contributed by atoms with E-state index in [-0.39, 0.29) is 13.0 Å². The molecule has 0 aliphatic carbocycles. The maximum Gasteiger partial charge on any atom is 0.350 e. The molecular formula is C12H18N3O5P. The van der Waals surface area contributed by atoms with E-state index in [0.717, 1.165) is 16.9 Å². The molecule has 1 atom stereocenters. The van der Waals surface area contributed by atoms with Crippen LogP contribution in [0.2, 0.25) is 0 Å². The molecule has 21 heavy (non-hydrogen) atoms. The van der Waals surface area contributed by atoms with Gasteiger partial charge in [0.15, 0.2) is 0 Å². The summed E-state index contributed by atoms with van der Waals surface area (Å²) in [5, 5.41) is 13.2. The Morgan fingerprint density at radius 1 is 1.43 bits per heavy atom. The van der Waals surface area contributed by atoms with Gasteiger partial charge in [-0.3, -0.25) is 4.57 Å². The fourth-order valence-electron chi connectivity index (χ4n) is 2.09. The summed E-state index contributed by atoms with van der Waals surface area (Å²) in [5.41, 5.74) is 2.54. The zero-order valence-electron chi connectivity index (χ0n) is 11.6. The SMILES string of the molecule is Cc1ncnn2c(CC(CCO)OCP(=O)(O)O)ccc12. The van der Waals surface area contributed by atoms with Gasteiger partial charge in [0.1, 0.15) is 12.7 Å². The topological polar surface area (TPSA) is 117 Å². The second kappa shape index (κ2) is 6.64. The van der Waals surface area contributed by atoms with Crippen molar-refractivity contribution in [1.29, 1.82) is 0 Å². The molecule has 0 fully saturated rings. The monoisotopic (exact) mass is 315 g/mol. The maximum absolute atomic E-state index is 10.9. The Kier molecular flexibility index (Phi) is 5.08. The van der Waals surface area contributed by atoms with Crippen LogP contribution < -0.4 is 0 Å². The Hall–Kier alpha value is -1.31. The Bertz CT molecular complexity index is 653. The normalized spacial score (nSPS) is 13.7. The minimum atomic E-state index is -4.23. The molecule has 0 bridgehead atoms.